The first kappa shape index (κ1) is 17.3. The molecule has 1 aromatic carbocycles. The number of non-ortho nitro benzene ring substituents is 1. The molecule has 0 spiro atoms. The number of benzene rings is 1. The van der Waals surface area contributed by atoms with Crippen LogP contribution in [0.2, 0.25) is 0 Å². The fourth-order valence-electron chi connectivity index (χ4n) is 1.79. The summed E-state index contributed by atoms with van der Waals surface area (Å²) in [7, 11) is -3.95. The molecule has 0 aliphatic rings. The summed E-state index contributed by atoms with van der Waals surface area (Å²) in [5.41, 5.74) is 1.96. The second-order valence-electron chi connectivity index (χ2n) is 4.16. The molecule has 0 aromatic heterocycles. The van der Waals surface area contributed by atoms with Crippen LogP contribution in [0.1, 0.15) is 13.3 Å². The van der Waals surface area contributed by atoms with Crippen molar-refractivity contribution in [1.82, 2.24) is 4.31 Å². The van der Waals surface area contributed by atoms with Crippen LogP contribution in [-0.2, 0) is 10.0 Å². The van der Waals surface area contributed by atoms with Crippen molar-refractivity contribution in [1.29, 1.82) is 0 Å². The van der Waals surface area contributed by atoms with E-state index in [9.17, 15) is 18.5 Å². The maximum Gasteiger partial charge on any atom is 0.270 e. The lowest BCUT2D eigenvalue weighted by Gasteiger charge is -2.21. The van der Waals surface area contributed by atoms with E-state index in [1.807, 2.05) is 0 Å². The number of hydrogen-bond donors (Lipinski definition) is 3. The fourth-order valence-corrected chi connectivity index (χ4v) is 3.45. The van der Waals surface area contributed by atoms with Crippen molar-refractivity contribution in [3.05, 3.63) is 28.3 Å². The zero-order valence-corrected chi connectivity index (χ0v) is 12.3. The summed E-state index contributed by atoms with van der Waals surface area (Å²) in [6.07, 6.45) is 0.271. The molecule has 1 rings (SSSR count). The van der Waals surface area contributed by atoms with Gasteiger partial charge in [-0.3, -0.25) is 16.0 Å². The summed E-state index contributed by atoms with van der Waals surface area (Å²) in [5, 5.41) is 19.6. The number of nitro groups is 1. The van der Waals surface area contributed by atoms with Crippen LogP contribution in [0.25, 0.3) is 0 Å². The van der Waals surface area contributed by atoms with Crippen LogP contribution >= 0.6 is 0 Å². The van der Waals surface area contributed by atoms with E-state index in [1.165, 1.54) is 6.07 Å². The van der Waals surface area contributed by atoms with Gasteiger partial charge in [-0.05, 0) is 12.5 Å². The highest BCUT2D eigenvalue weighted by molar-refractivity contribution is 7.89. The molecule has 0 saturated heterocycles. The molecule has 0 atom stereocenters. The Hall–Kier alpha value is -1.75. The molecule has 0 unspecified atom stereocenters. The number of rotatable bonds is 8. The molecule has 0 bridgehead atoms. The predicted molar refractivity (Wildman–Crippen MR) is 77.0 cm³/mol. The summed E-state index contributed by atoms with van der Waals surface area (Å²) < 4.78 is 26.2. The third-order valence-corrected chi connectivity index (χ3v) is 4.88. The Kier molecular flexibility index (Phi) is 6.03. The molecule has 0 aliphatic carbocycles. The number of sulfonamides is 1. The van der Waals surface area contributed by atoms with Gasteiger partial charge in [0.15, 0.2) is 0 Å². The Morgan fingerprint density at radius 3 is 2.62 bits per heavy atom. The zero-order chi connectivity index (χ0) is 16.0. The molecule has 0 saturated carbocycles. The van der Waals surface area contributed by atoms with E-state index < -0.39 is 14.9 Å². The SMILES string of the molecule is CCN(CCCO)S(=O)(=O)c1cc([N+](=O)[O-])ccc1NN. The fraction of sp³-hybridized carbons (Fsp3) is 0.455. The molecule has 4 N–H and O–H groups in total. The number of aliphatic hydroxyl groups is 1. The van der Waals surface area contributed by atoms with Gasteiger partial charge in [0.2, 0.25) is 10.0 Å². The number of nitrogens with zero attached hydrogens (tertiary/aromatic N) is 2. The highest BCUT2D eigenvalue weighted by Gasteiger charge is 2.27. The van der Waals surface area contributed by atoms with E-state index in [2.05, 4.69) is 5.43 Å². The second-order valence-corrected chi connectivity index (χ2v) is 6.06. The quantitative estimate of drug-likeness (QED) is 0.355. The van der Waals surface area contributed by atoms with E-state index in [0.29, 0.717) is 0 Å². The smallest absolute Gasteiger partial charge is 0.270 e. The van der Waals surface area contributed by atoms with Crippen LogP contribution in [0.5, 0.6) is 0 Å². The number of nitrogens with two attached hydrogens (primary N) is 1. The van der Waals surface area contributed by atoms with Crippen LogP contribution in [-0.4, -0.2) is 42.4 Å². The van der Waals surface area contributed by atoms with Crippen molar-refractivity contribution in [2.75, 3.05) is 25.1 Å². The van der Waals surface area contributed by atoms with Crippen molar-refractivity contribution in [2.45, 2.75) is 18.2 Å². The Morgan fingerprint density at radius 1 is 1.48 bits per heavy atom. The van der Waals surface area contributed by atoms with Crippen LogP contribution in [0.3, 0.4) is 0 Å². The lowest BCUT2D eigenvalue weighted by atomic mass is 10.3. The second kappa shape index (κ2) is 7.31. The van der Waals surface area contributed by atoms with Crippen LogP contribution < -0.4 is 11.3 Å². The molecule has 0 fully saturated rings. The zero-order valence-electron chi connectivity index (χ0n) is 11.5. The molecule has 0 amide bonds. The van der Waals surface area contributed by atoms with E-state index >= 15 is 0 Å². The Labute approximate surface area is 122 Å². The van der Waals surface area contributed by atoms with E-state index in [4.69, 9.17) is 10.9 Å². The Morgan fingerprint density at radius 2 is 2.14 bits per heavy atom. The molecule has 10 heteroatoms. The van der Waals surface area contributed by atoms with Gasteiger partial charge in [-0.1, -0.05) is 6.92 Å². The Balaban J connectivity index is 3.33. The number of aliphatic hydroxyl groups excluding tert-OH is 1. The monoisotopic (exact) mass is 318 g/mol. The first-order valence-electron chi connectivity index (χ1n) is 6.24. The minimum Gasteiger partial charge on any atom is -0.396 e. The minimum absolute atomic E-state index is 0.0723. The van der Waals surface area contributed by atoms with Crippen LogP contribution in [0.15, 0.2) is 23.1 Å². The van der Waals surface area contributed by atoms with Gasteiger partial charge in [-0.25, -0.2) is 8.42 Å². The molecule has 0 radical (unpaired) electrons. The normalized spacial score (nSPS) is 11.6. The van der Waals surface area contributed by atoms with Gasteiger partial charge in [-0.15, -0.1) is 0 Å². The van der Waals surface area contributed by atoms with Gasteiger partial charge in [0.25, 0.3) is 5.69 Å². The van der Waals surface area contributed by atoms with E-state index in [0.717, 1.165) is 16.4 Å². The predicted octanol–water partition coefficient (Wildman–Crippen LogP) is 0.273. The lowest BCUT2D eigenvalue weighted by Crippen LogP contribution is -2.33. The van der Waals surface area contributed by atoms with Crippen molar-refractivity contribution in [3.8, 4) is 0 Å². The van der Waals surface area contributed by atoms with Gasteiger partial charge in [0, 0.05) is 31.8 Å². The summed E-state index contributed by atoms with van der Waals surface area (Å²) in [6.45, 7) is 1.78. The molecule has 0 aliphatic heterocycles. The summed E-state index contributed by atoms with van der Waals surface area (Å²) in [6, 6.07) is 3.37. The number of nitro benzene ring substituents is 1. The standard InChI is InChI=1S/C11H18N4O5S/c1-2-14(6-3-7-16)21(19,20)11-8-9(15(17)18)4-5-10(11)13-12/h4-5,8,13,16H,2-3,6-7,12H2,1H3. The molecule has 0 heterocycles. The summed E-state index contributed by atoms with van der Waals surface area (Å²) >= 11 is 0. The number of nitrogen functional groups attached to an aromatic ring is 1. The van der Waals surface area contributed by atoms with Crippen molar-refractivity contribution >= 4 is 21.4 Å². The molecule has 21 heavy (non-hydrogen) atoms. The van der Waals surface area contributed by atoms with Crippen molar-refractivity contribution in [2.24, 2.45) is 5.84 Å². The molecule has 9 nitrogen and oxygen atoms in total. The Bertz CT molecular complexity index is 605. The summed E-state index contributed by atoms with van der Waals surface area (Å²) in [4.78, 5) is 9.86. The van der Waals surface area contributed by atoms with Gasteiger partial charge in [0.1, 0.15) is 4.90 Å². The van der Waals surface area contributed by atoms with E-state index in [1.54, 1.807) is 6.92 Å². The largest absolute Gasteiger partial charge is 0.396 e. The van der Waals surface area contributed by atoms with Crippen LogP contribution in [0.4, 0.5) is 11.4 Å². The molecule has 1 aromatic rings. The van der Waals surface area contributed by atoms with Crippen molar-refractivity contribution < 1.29 is 18.4 Å². The number of nitrogens with one attached hydrogen (secondary N) is 1. The van der Waals surface area contributed by atoms with Crippen molar-refractivity contribution in [3.63, 3.8) is 0 Å². The number of hydrazine groups is 1. The van der Waals surface area contributed by atoms with Gasteiger partial charge in [-0.2, -0.15) is 4.31 Å². The summed E-state index contributed by atoms with van der Waals surface area (Å²) in [5.74, 6) is 5.27. The minimum atomic E-state index is -3.95. The topological polar surface area (TPSA) is 139 Å². The average molecular weight is 318 g/mol. The molecular formula is C11H18N4O5S. The highest BCUT2D eigenvalue weighted by Crippen LogP contribution is 2.28. The first-order chi connectivity index (χ1) is 9.88. The first-order valence-corrected chi connectivity index (χ1v) is 7.68. The van der Waals surface area contributed by atoms with Gasteiger partial charge < -0.3 is 10.5 Å². The number of hydrogen-bond acceptors (Lipinski definition) is 7. The maximum atomic E-state index is 12.5. The molecule has 118 valence electrons. The lowest BCUT2D eigenvalue weighted by molar-refractivity contribution is -0.385. The average Bonchev–Trinajstić information content (AvgIpc) is 2.47. The van der Waals surface area contributed by atoms with E-state index in [-0.39, 0.29) is 42.4 Å². The maximum absolute atomic E-state index is 12.5. The number of anilines is 1. The third-order valence-electron chi connectivity index (χ3n) is 2.87. The van der Waals surface area contributed by atoms with Crippen LogP contribution in [0, 0.1) is 10.1 Å². The highest BCUT2D eigenvalue weighted by atomic mass is 32.2. The van der Waals surface area contributed by atoms with Gasteiger partial charge >= 0.3 is 0 Å². The third kappa shape index (κ3) is 3.88. The van der Waals surface area contributed by atoms with Gasteiger partial charge in [0.05, 0.1) is 10.6 Å². The molecular weight excluding hydrogens is 300 g/mol.